The van der Waals surface area contributed by atoms with Gasteiger partial charge in [0.05, 0.1) is 5.02 Å². The molecule has 2 aromatic rings. The highest BCUT2D eigenvalue weighted by Crippen LogP contribution is 2.29. The third-order valence-electron chi connectivity index (χ3n) is 3.79. The zero-order valence-corrected chi connectivity index (χ0v) is 13.3. The Morgan fingerprint density at radius 1 is 0.950 bits per heavy atom. The van der Waals surface area contributed by atoms with E-state index in [0.29, 0.717) is 22.0 Å². The molecule has 0 fully saturated rings. The molecule has 0 aliphatic heterocycles. The number of benzene rings is 1. The number of hydrogen-bond donors (Lipinski definition) is 0. The normalized spacial score (nSPS) is 14.0. The van der Waals surface area contributed by atoms with Gasteiger partial charge in [0.2, 0.25) is 0 Å². The van der Waals surface area contributed by atoms with Gasteiger partial charge in [-0.3, -0.25) is 0 Å². The first kappa shape index (κ1) is 15.3. The van der Waals surface area contributed by atoms with Crippen LogP contribution in [0.3, 0.4) is 0 Å². The molecule has 1 heterocycles. The molecule has 0 amide bonds. The molecule has 0 N–H and O–H groups in total. The summed E-state index contributed by atoms with van der Waals surface area (Å²) in [7, 11) is 0. The van der Waals surface area contributed by atoms with Gasteiger partial charge >= 0.3 is 0 Å². The lowest BCUT2D eigenvalue weighted by molar-refractivity contribution is 0.573. The van der Waals surface area contributed by atoms with Crippen LogP contribution >= 0.6 is 23.2 Å². The highest BCUT2D eigenvalue weighted by Gasteiger charge is 2.12. The lowest BCUT2D eigenvalue weighted by atomic mass is 9.90. The van der Waals surface area contributed by atoms with Gasteiger partial charge in [0.15, 0.2) is 0 Å². The highest BCUT2D eigenvalue weighted by atomic mass is 35.5. The minimum absolute atomic E-state index is 0.375. The van der Waals surface area contributed by atoms with Gasteiger partial charge in [-0.1, -0.05) is 67.4 Å². The molecule has 0 aliphatic rings. The summed E-state index contributed by atoms with van der Waals surface area (Å²) < 4.78 is 0. The second-order valence-corrected chi connectivity index (χ2v) is 6.10. The molecule has 2 unspecified atom stereocenters. The number of pyridine rings is 1. The molecule has 2 rings (SSSR count). The van der Waals surface area contributed by atoms with E-state index in [1.54, 1.807) is 0 Å². The largest absolute Gasteiger partial charge is 0.243 e. The molecule has 2 atom stereocenters. The first-order valence-corrected chi connectivity index (χ1v) is 7.69. The van der Waals surface area contributed by atoms with E-state index >= 15 is 0 Å². The zero-order valence-electron chi connectivity index (χ0n) is 11.8. The summed E-state index contributed by atoms with van der Waals surface area (Å²) in [5.41, 5.74) is 2.55. The van der Waals surface area contributed by atoms with E-state index in [1.807, 2.05) is 12.3 Å². The smallest absolute Gasteiger partial charge is 0.147 e. The Morgan fingerprint density at radius 3 is 2.15 bits per heavy atom. The summed E-state index contributed by atoms with van der Waals surface area (Å²) in [6.45, 7) is 4.48. The summed E-state index contributed by atoms with van der Waals surface area (Å²) in [6.07, 6.45) is 4.08. The Hall–Kier alpha value is -1.05. The summed E-state index contributed by atoms with van der Waals surface area (Å²) >= 11 is 11.9. The number of rotatable bonds is 5. The predicted molar refractivity (Wildman–Crippen MR) is 86.8 cm³/mol. The lowest BCUT2D eigenvalue weighted by Crippen LogP contribution is -1.99. The second kappa shape index (κ2) is 7.10. The van der Waals surface area contributed by atoms with Crippen LogP contribution in [0.15, 0.2) is 42.6 Å². The minimum Gasteiger partial charge on any atom is -0.243 e. The van der Waals surface area contributed by atoms with Gasteiger partial charge in [0.25, 0.3) is 0 Å². The van der Waals surface area contributed by atoms with Crippen molar-refractivity contribution < 1.29 is 0 Å². The molecule has 0 saturated heterocycles. The van der Waals surface area contributed by atoms with Crippen LogP contribution in [0.1, 0.15) is 49.7 Å². The fraction of sp³-hybridized carbons (Fsp3) is 0.353. The van der Waals surface area contributed by atoms with Crippen LogP contribution < -0.4 is 0 Å². The van der Waals surface area contributed by atoms with E-state index in [2.05, 4.69) is 49.2 Å². The number of aromatic nitrogens is 1. The van der Waals surface area contributed by atoms with Gasteiger partial charge < -0.3 is 0 Å². The quantitative estimate of drug-likeness (QED) is 0.610. The van der Waals surface area contributed by atoms with Crippen molar-refractivity contribution in [3.05, 3.63) is 63.9 Å². The molecule has 20 heavy (non-hydrogen) atoms. The van der Waals surface area contributed by atoms with E-state index in [4.69, 9.17) is 23.2 Å². The Labute approximate surface area is 131 Å². The summed E-state index contributed by atoms with van der Waals surface area (Å²) in [4.78, 5) is 4.12. The monoisotopic (exact) mass is 307 g/mol. The maximum Gasteiger partial charge on any atom is 0.147 e. The van der Waals surface area contributed by atoms with Crippen LogP contribution in [0.5, 0.6) is 0 Å². The molecule has 0 spiro atoms. The topological polar surface area (TPSA) is 12.9 Å². The van der Waals surface area contributed by atoms with Crippen molar-refractivity contribution in [3.63, 3.8) is 0 Å². The first-order valence-electron chi connectivity index (χ1n) is 6.94. The van der Waals surface area contributed by atoms with Crippen molar-refractivity contribution in [2.24, 2.45) is 0 Å². The second-order valence-electron chi connectivity index (χ2n) is 5.33. The van der Waals surface area contributed by atoms with Crippen molar-refractivity contribution in [2.45, 2.75) is 38.5 Å². The Balaban J connectivity index is 1.95. The van der Waals surface area contributed by atoms with E-state index in [0.717, 1.165) is 18.4 Å². The number of hydrogen-bond acceptors (Lipinski definition) is 1. The fourth-order valence-corrected chi connectivity index (χ4v) is 2.60. The highest BCUT2D eigenvalue weighted by molar-refractivity contribution is 6.41. The summed E-state index contributed by atoms with van der Waals surface area (Å²) in [6, 6.07) is 12.6. The summed E-state index contributed by atoms with van der Waals surface area (Å²) in [5.74, 6) is 0.998. The molecule has 1 aromatic carbocycles. The zero-order chi connectivity index (χ0) is 14.5. The number of halogens is 2. The number of nitrogens with zero attached hydrogens (tertiary/aromatic N) is 1. The predicted octanol–water partition coefficient (Wildman–Crippen LogP) is 6.08. The van der Waals surface area contributed by atoms with Crippen molar-refractivity contribution >= 4 is 23.2 Å². The molecular weight excluding hydrogens is 289 g/mol. The van der Waals surface area contributed by atoms with E-state index < -0.39 is 0 Å². The molecule has 1 nitrogen and oxygen atoms in total. The van der Waals surface area contributed by atoms with Crippen LogP contribution in [0.2, 0.25) is 10.2 Å². The van der Waals surface area contributed by atoms with Gasteiger partial charge in [-0.2, -0.15) is 0 Å². The van der Waals surface area contributed by atoms with Crippen LogP contribution in [0, 0.1) is 0 Å². The van der Waals surface area contributed by atoms with E-state index in [1.165, 1.54) is 5.56 Å². The standard InChI is InChI=1S/C17H19Cl2N/c1-12(14-6-4-3-5-7-14)8-9-13(2)15-10-16(18)17(19)20-11-15/h3-7,10-13H,8-9H2,1-2H3. The maximum atomic E-state index is 6.02. The SMILES string of the molecule is CC(CCC(C)c1cnc(Cl)c(Cl)c1)c1ccccc1. The molecular formula is C17H19Cl2N. The summed E-state index contributed by atoms with van der Waals surface area (Å²) in [5, 5.41) is 0.910. The van der Waals surface area contributed by atoms with Crippen molar-refractivity contribution in [3.8, 4) is 0 Å². The molecule has 1 aromatic heterocycles. The Morgan fingerprint density at radius 2 is 1.55 bits per heavy atom. The van der Waals surface area contributed by atoms with Crippen molar-refractivity contribution in [1.29, 1.82) is 0 Å². The Bertz CT molecular complexity index is 554. The average molecular weight is 308 g/mol. The third kappa shape index (κ3) is 3.97. The van der Waals surface area contributed by atoms with Crippen LogP contribution in [0.4, 0.5) is 0 Å². The molecule has 0 aliphatic carbocycles. The van der Waals surface area contributed by atoms with Gasteiger partial charge in [-0.05, 0) is 41.9 Å². The van der Waals surface area contributed by atoms with E-state index in [9.17, 15) is 0 Å². The lowest BCUT2D eigenvalue weighted by Gasteiger charge is -2.16. The fourth-order valence-electron chi connectivity index (χ4n) is 2.32. The Kier molecular flexibility index (Phi) is 5.45. The first-order chi connectivity index (χ1) is 9.58. The molecule has 0 saturated carbocycles. The molecule has 0 bridgehead atoms. The minimum atomic E-state index is 0.375. The van der Waals surface area contributed by atoms with Gasteiger partial charge in [-0.25, -0.2) is 4.98 Å². The van der Waals surface area contributed by atoms with Crippen LogP contribution in [-0.2, 0) is 0 Å². The van der Waals surface area contributed by atoms with Crippen molar-refractivity contribution in [2.75, 3.05) is 0 Å². The van der Waals surface area contributed by atoms with Gasteiger partial charge in [-0.15, -0.1) is 0 Å². The molecule has 106 valence electrons. The van der Waals surface area contributed by atoms with Gasteiger partial charge in [0, 0.05) is 6.20 Å². The van der Waals surface area contributed by atoms with Crippen LogP contribution in [-0.4, -0.2) is 4.98 Å². The maximum absolute atomic E-state index is 6.02. The molecule has 3 heteroatoms. The average Bonchev–Trinajstić information content (AvgIpc) is 2.48. The van der Waals surface area contributed by atoms with Gasteiger partial charge in [0.1, 0.15) is 5.15 Å². The molecule has 0 radical (unpaired) electrons. The van der Waals surface area contributed by atoms with E-state index in [-0.39, 0.29) is 0 Å². The van der Waals surface area contributed by atoms with Crippen LogP contribution in [0.25, 0.3) is 0 Å². The van der Waals surface area contributed by atoms with Crippen molar-refractivity contribution in [1.82, 2.24) is 4.98 Å². The third-order valence-corrected chi connectivity index (χ3v) is 4.47.